The van der Waals surface area contributed by atoms with Gasteiger partial charge in [-0.25, -0.2) is 4.98 Å². The number of fused-ring (bicyclic) bond motifs is 3. The third-order valence-electron chi connectivity index (χ3n) is 7.46. The van der Waals surface area contributed by atoms with Gasteiger partial charge in [-0.2, -0.15) is 5.10 Å². The van der Waals surface area contributed by atoms with Crippen molar-refractivity contribution in [2.75, 3.05) is 10.6 Å². The molecule has 3 N–H and O–H groups in total. The molecule has 2 aliphatic heterocycles. The highest BCUT2D eigenvalue weighted by Crippen LogP contribution is 2.44. The average Bonchev–Trinajstić information content (AvgIpc) is 3.25. The Morgan fingerprint density at radius 2 is 1.84 bits per heavy atom. The van der Waals surface area contributed by atoms with Gasteiger partial charge in [0.1, 0.15) is 11.6 Å². The summed E-state index contributed by atoms with van der Waals surface area (Å²) < 4.78 is 0. The number of piperidine rings is 1. The Bertz CT molecular complexity index is 1070. The van der Waals surface area contributed by atoms with Gasteiger partial charge >= 0.3 is 0 Å². The first-order valence-electron chi connectivity index (χ1n) is 11.7. The molecule has 3 atom stereocenters. The number of rotatable bonds is 5. The minimum atomic E-state index is 0.463. The normalized spacial score (nSPS) is 30.3. The number of hydrogen-bond acceptors (Lipinski definition) is 6. The van der Waals surface area contributed by atoms with E-state index >= 15 is 0 Å². The van der Waals surface area contributed by atoms with E-state index in [1.165, 1.54) is 38.5 Å². The van der Waals surface area contributed by atoms with Crippen LogP contribution in [0.3, 0.4) is 0 Å². The fourth-order valence-corrected chi connectivity index (χ4v) is 6.09. The molecule has 5 heterocycles. The number of aromatic amines is 1. The zero-order valence-electron chi connectivity index (χ0n) is 18.3. The Kier molecular flexibility index (Phi) is 4.60. The Hall–Kier alpha value is -2.67. The SMILES string of the molecule is Cc1cc(Nc2cc3ncccc3c(NC3C[C@H]4CC[C@@H](C3)N4C3CC(C)C3)n2)n[nH]1. The predicted octanol–water partition coefficient (Wildman–Crippen LogP) is 4.61. The number of aryl methyl sites for hydroxylation is 1. The fourth-order valence-electron chi connectivity index (χ4n) is 6.09. The van der Waals surface area contributed by atoms with Crippen molar-refractivity contribution in [1.82, 2.24) is 25.1 Å². The second-order valence-corrected chi connectivity index (χ2v) is 9.86. The number of H-pyrrole nitrogens is 1. The summed E-state index contributed by atoms with van der Waals surface area (Å²) >= 11 is 0. The van der Waals surface area contributed by atoms with E-state index in [9.17, 15) is 0 Å². The lowest BCUT2D eigenvalue weighted by molar-refractivity contribution is 0.0161. The summed E-state index contributed by atoms with van der Waals surface area (Å²) in [5, 5.41) is 15.5. The maximum absolute atomic E-state index is 4.93. The van der Waals surface area contributed by atoms with E-state index in [1.807, 2.05) is 31.3 Å². The Labute approximate surface area is 183 Å². The van der Waals surface area contributed by atoms with E-state index in [1.54, 1.807) is 0 Å². The van der Waals surface area contributed by atoms with Crippen molar-refractivity contribution in [2.45, 2.75) is 76.5 Å². The first-order chi connectivity index (χ1) is 15.1. The number of anilines is 3. The Balaban J connectivity index is 1.24. The maximum atomic E-state index is 4.93. The highest BCUT2D eigenvalue weighted by atomic mass is 15.3. The van der Waals surface area contributed by atoms with Gasteiger partial charge < -0.3 is 10.6 Å². The highest BCUT2D eigenvalue weighted by Gasteiger charge is 2.46. The van der Waals surface area contributed by atoms with Crippen molar-refractivity contribution in [2.24, 2.45) is 5.92 Å². The number of hydrogen-bond donors (Lipinski definition) is 3. The van der Waals surface area contributed by atoms with Crippen LogP contribution in [0.2, 0.25) is 0 Å². The molecule has 1 aliphatic carbocycles. The molecule has 2 bridgehead atoms. The van der Waals surface area contributed by atoms with Crippen molar-refractivity contribution in [3.8, 4) is 0 Å². The van der Waals surface area contributed by atoms with E-state index in [0.717, 1.165) is 58.1 Å². The number of nitrogens with zero attached hydrogens (tertiary/aromatic N) is 4. The van der Waals surface area contributed by atoms with Gasteiger partial charge in [0.05, 0.1) is 5.52 Å². The standard InChI is InChI=1S/C24H31N7/c1-14-8-19(9-14)31-17-5-6-18(31)12-16(11-17)26-24-20-4-3-7-25-21(20)13-22(28-24)27-23-10-15(2)29-30-23/h3-4,7,10,13-14,16-19H,5-6,8-9,11-12H2,1-2H3,(H3,26,27,28,29,30)/t14?,16?,17-,18+,19?. The molecule has 3 aromatic heterocycles. The molecule has 3 aromatic rings. The van der Waals surface area contributed by atoms with Crippen LogP contribution in [0.15, 0.2) is 30.5 Å². The zero-order valence-corrected chi connectivity index (χ0v) is 18.3. The molecule has 31 heavy (non-hydrogen) atoms. The minimum absolute atomic E-state index is 0.463. The molecule has 3 fully saturated rings. The molecule has 1 saturated carbocycles. The second kappa shape index (κ2) is 7.48. The Morgan fingerprint density at radius 1 is 1.03 bits per heavy atom. The molecule has 7 heteroatoms. The molecule has 0 spiro atoms. The molecule has 0 aromatic carbocycles. The van der Waals surface area contributed by atoms with Crippen molar-refractivity contribution < 1.29 is 0 Å². The number of aromatic nitrogens is 4. The molecule has 0 amide bonds. The summed E-state index contributed by atoms with van der Waals surface area (Å²) in [6.45, 7) is 4.38. The molecule has 3 aliphatic rings. The van der Waals surface area contributed by atoms with Gasteiger partial charge in [0, 0.05) is 53.6 Å². The molecule has 7 nitrogen and oxygen atoms in total. The van der Waals surface area contributed by atoms with Crippen LogP contribution in [0.4, 0.5) is 17.5 Å². The van der Waals surface area contributed by atoms with Crippen LogP contribution >= 0.6 is 0 Å². The molecule has 1 unspecified atom stereocenters. The lowest BCUT2D eigenvalue weighted by atomic mass is 9.78. The summed E-state index contributed by atoms with van der Waals surface area (Å²) in [6, 6.07) is 10.8. The molecule has 6 rings (SSSR count). The van der Waals surface area contributed by atoms with Crippen LogP contribution in [0.25, 0.3) is 10.9 Å². The van der Waals surface area contributed by atoms with Gasteiger partial charge in [-0.3, -0.25) is 15.0 Å². The van der Waals surface area contributed by atoms with Gasteiger partial charge in [0.25, 0.3) is 0 Å². The summed E-state index contributed by atoms with van der Waals surface area (Å²) in [5.41, 5.74) is 1.96. The predicted molar refractivity (Wildman–Crippen MR) is 124 cm³/mol. The smallest absolute Gasteiger partial charge is 0.153 e. The molecular formula is C24H31N7. The summed E-state index contributed by atoms with van der Waals surface area (Å²) in [5.74, 6) is 3.38. The molecule has 2 saturated heterocycles. The quantitative estimate of drug-likeness (QED) is 0.562. The number of nitrogens with one attached hydrogen (secondary N) is 3. The van der Waals surface area contributed by atoms with Gasteiger partial charge in [-0.05, 0) is 63.5 Å². The van der Waals surface area contributed by atoms with Crippen LogP contribution in [0.1, 0.15) is 51.1 Å². The topological polar surface area (TPSA) is 81.8 Å². The first kappa shape index (κ1) is 19.0. The van der Waals surface area contributed by atoms with Crippen LogP contribution < -0.4 is 10.6 Å². The van der Waals surface area contributed by atoms with Crippen LogP contribution in [0, 0.1) is 12.8 Å². The average molecular weight is 418 g/mol. The second-order valence-electron chi connectivity index (χ2n) is 9.86. The lowest BCUT2D eigenvalue weighted by Crippen LogP contribution is -2.55. The third-order valence-corrected chi connectivity index (χ3v) is 7.46. The van der Waals surface area contributed by atoms with E-state index in [4.69, 9.17) is 4.98 Å². The van der Waals surface area contributed by atoms with E-state index in [-0.39, 0.29) is 0 Å². The van der Waals surface area contributed by atoms with E-state index < -0.39 is 0 Å². The maximum Gasteiger partial charge on any atom is 0.153 e. The Morgan fingerprint density at radius 3 is 2.55 bits per heavy atom. The highest BCUT2D eigenvalue weighted by molar-refractivity contribution is 5.91. The summed E-state index contributed by atoms with van der Waals surface area (Å²) in [7, 11) is 0. The zero-order chi connectivity index (χ0) is 20.9. The van der Waals surface area contributed by atoms with Crippen molar-refractivity contribution >= 4 is 28.4 Å². The molecule has 162 valence electrons. The van der Waals surface area contributed by atoms with Gasteiger partial charge in [0.2, 0.25) is 0 Å². The van der Waals surface area contributed by atoms with Gasteiger partial charge in [0.15, 0.2) is 5.82 Å². The van der Waals surface area contributed by atoms with E-state index in [0.29, 0.717) is 6.04 Å². The monoisotopic (exact) mass is 417 g/mol. The molecular weight excluding hydrogens is 386 g/mol. The van der Waals surface area contributed by atoms with Crippen molar-refractivity contribution in [3.63, 3.8) is 0 Å². The van der Waals surface area contributed by atoms with Crippen LogP contribution in [0.5, 0.6) is 0 Å². The summed E-state index contributed by atoms with van der Waals surface area (Å²) in [6.07, 6.45) is 9.74. The number of pyridine rings is 2. The van der Waals surface area contributed by atoms with Crippen molar-refractivity contribution in [3.05, 3.63) is 36.2 Å². The van der Waals surface area contributed by atoms with Crippen LogP contribution in [-0.2, 0) is 0 Å². The lowest BCUT2D eigenvalue weighted by Gasteiger charge is -2.49. The first-order valence-corrected chi connectivity index (χ1v) is 11.7. The van der Waals surface area contributed by atoms with Crippen LogP contribution in [-0.4, -0.2) is 49.2 Å². The molecule has 0 radical (unpaired) electrons. The minimum Gasteiger partial charge on any atom is -0.367 e. The fraction of sp³-hybridized carbons (Fsp3) is 0.542. The van der Waals surface area contributed by atoms with Gasteiger partial charge in [-0.1, -0.05) is 6.92 Å². The van der Waals surface area contributed by atoms with Crippen molar-refractivity contribution in [1.29, 1.82) is 0 Å². The third kappa shape index (κ3) is 3.55. The largest absolute Gasteiger partial charge is 0.367 e. The summed E-state index contributed by atoms with van der Waals surface area (Å²) in [4.78, 5) is 12.4. The van der Waals surface area contributed by atoms with E-state index in [2.05, 4.69) is 43.7 Å². The van der Waals surface area contributed by atoms with Gasteiger partial charge in [-0.15, -0.1) is 0 Å².